The maximum Gasteiger partial charge on any atom is 0.170 e. The number of hydrogen-bond acceptors (Lipinski definition) is 4. The summed E-state index contributed by atoms with van der Waals surface area (Å²) in [5, 5.41) is 19.8. The summed E-state index contributed by atoms with van der Waals surface area (Å²) in [6.07, 6.45) is 2.77. The van der Waals surface area contributed by atoms with Gasteiger partial charge in [-0.05, 0) is 69.8 Å². The zero-order valence-electron chi connectivity index (χ0n) is 24.4. The molecule has 3 fully saturated rings. The van der Waals surface area contributed by atoms with Crippen LogP contribution < -0.4 is 5.32 Å². The van der Waals surface area contributed by atoms with Crippen LogP contribution in [0.1, 0.15) is 33.7 Å². The lowest BCUT2D eigenvalue weighted by atomic mass is 9.57. The van der Waals surface area contributed by atoms with Crippen LogP contribution in [0.2, 0.25) is 0 Å². The lowest BCUT2D eigenvalue weighted by Crippen LogP contribution is -2.60. The number of hydrogen-bond donors (Lipinski definition) is 2. The number of Topliss-reactive ketones (excluding diaryl/α,β-unsaturated/α-hetero) is 1. The van der Waals surface area contributed by atoms with Crippen LogP contribution in [0.25, 0.3) is 16.8 Å². The Morgan fingerprint density at radius 2 is 1.49 bits per heavy atom. The van der Waals surface area contributed by atoms with E-state index in [0.717, 1.165) is 54.0 Å². The van der Waals surface area contributed by atoms with E-state index >= 15 is 4.79 Å². The highest BCUT2D eigenvalue weighted by Gasteiger charge is 2.84. The molecule has 4 aliphatic rings. The normalized spacial score (nSPS) is 31.8. The first kappa shape index (κ1) is 27.9. The summed E-state index contributed by atoms with van der Waals surface area (Å²) in [4.78, 5) is 17.8. The van der Waals surface area contributed by atoms with Gasteiger partial charge in [0.2, 0.25) is 0 Å². The predicted octanol–water partition coefficient (Wildman–Crippen LogP) is 7.69. The lowest BCUT2D eigenvalue weighted by Gasteiger charge is -2.44. The first-order valence-electron chi connectivity index (χ1n) is 15.4. The van der Waals surface area contributed by atoms with Crippen molar-refractivity contribution in [2.24, 2.45) is 5.41 Å². The second-order valence-corrected chi connectivity index (χ2v) is 14.8. The molecule has 5 aromatic carbocycles. The van der Waals surface area contributed by atoms with Crippen LogP contribution in [-0.4, -0.2) is 34.9 Å². The van der Waals surface area contributed by atoms with Gasteiger partial charge in [-0.25, -0.2) is 0 Å². The number of fused-ring (bicyclic) bond motifs is 3. The van der Waals surface area contributed by atoms with Crippen molar-refractivity contribution in [2.45, 2.75) is 29.6 Å². The third-order valence-corrected chi connectivity index (χ3v) is 12.0. The van der Waals surface area contributed by atoms with Gasteiger partial charge in [0.15, 0.2) is 11.5 Å². The van der Waals surface area contributed by atoms with Gasteiger partial charge >= 0.3 is 0 Å². The van der Waals surface area contributed by atoms with Gasteiger partial charge in [-0.15, -0.1) is 0 Å². The minimum Gasteiger partial charge on any atom is -0.369 e. The van der Waals surface area contributed by atoms with E-state index in [0.29, 0.717) is 13.1 Å². The number of nitrogens with zero attached hydrogens (tertiary/aromatic N) is 1. The maximum atomic E-state index is 15.6. The van der Waals surface area contributed by atoms with Crippen molar-refractivity contribution in [1.82, 2.24) is 10.2 Å². The summed E-state index contributed by atoms with van der Waals surface area (Å²) >= 11 is 7.19. The molecule has 0 amide bonds. The number of rotatable bonds is 4. The average Bonchev–Trinajstić information content (AvgIpc) is 3.53. The molecular weight excluding hydrogens is 688 g/mol. The second kappa shape index (κ2) is 9.81. The molecule has 3 saturated heterocycles. The number of nitrogens with one attached hydrogen (secondary N) is 1. The van der Waals surface area contributed by atoms with E-state index in [4.69, 9.17) is 0 Å². The molecule has 5 aromatic rings. The van der Waals surface area contributed by atoms with Crippen LogP contribution in [0.15, 0.2) is 130 Å². The van der Waals surface area contributed by atoms with E-state index in [-0.39, 0.29) is 17.7 Å². The Balaban J connectivity index is 1.35. The van der Waals surface area contributed by atoms with Crippen LogP contribution in [-0.2, 0) is 22.5 Å². The summed E-state index contributed by atoms with van der Waals surface area (Å²) < 4.78 is 1.99. The van der Waals surface area contributed by atoms with Crippen molar-refractivity contribution < 1.29 is 9.90 Å². The van der Waals surface area contributed by atoms with Crippen molar-refractivity contribution in [3.63, 3.8) is 0 Å². The molecule has 0 saturated carbocycles. The van der Waals surface area contributed by atoms with Gasteiger partial charge < -0.3 is 5.11 Å². The van der Waals surface area contributed by atoms with Gasteiger partial charge in [0.25, 0.3) is 0 Å². The Kier molecular flexibility index (Phi) is 6.08. The average molecular weight is 718 g/mol. The Hall–Kier alpha value is -3.39. The van der Waals surface area contributed by atoms with Gasteiger partial charge in [0.05, 0.1) is 5.41 Å². The second-order valence-electron chi connectivity index (χ2n) is 13.0. The van der Waals surface area contributed by atoms with Gasteiger partial charge in [0.1, 0.15) is 5.54 Å². The third kappa shape index (κ3) is 3.55. The molecule has 0 radical (unpaired) electrons. The van der Waals surface area contributed by atoms with Crippen molar-refractivity contribution in [3.05, 3.63) is 158 Å². The van der Waals surface area contributed by atoms with E-state index in [1.54, 1.807) is 0 Å². The molecule has 3 heterocycles. The fourth-order valence-electron chi connectivity index (χ4n) is 9.38. The van der Waals surface area contributed by atoms with Crippen LogP contribution in [0.4, 0.5) is 0 Å². The zero-order valence-corrected chi connectivity index (χ0v) is 27.6. The molecule has 222 valence electrons. The number of carbonyl (C=O) groups is 1. The molecule has 9 rings (SSSR count). The van der Waals surface area contributed by atoms with Gasteiger partial charge in [-0.1, -0.05) is 123 Å². The van der Waals surface area contributed by atoms with E-state index in [1.807, 2.05) is 42.5 Å². The first-order valence-corrected chi connectivity index (χ1v) is 17.0. The molecule has 0 aromatic heterocycles. The van der Waals surface area contributed by atoms with Crippen molar-refractivity contribution in [1.29, 1.82) is 0 Å². The van der Waals surface area contributed by atoms with Gasteiger partial charge in [-0.2, -0.15) is 0 Å². The SMILES string of the molecule is O=C1/C(=C/c2ccc(Br)cc2)CN2C[C@]13[C@@H](c1ccc(Br)cc1)[C@H](Cc1ccccc1)N[C@]31c3cccc4cccc(c34)[C@]21O. The van der Waals surface area contributed by atoms with E-state index in [2.05, 4.69) is 121 Å². The molecule has 4 nitrogen and oxygen atoms in total. The summed E-state index contributed by atoms with van der Waals surface area (Å²) in [5.41, 5.74) is 2.49. The van der Waals surface area contributed by atoms with Gasteiger partial charge in [-0.3, -0.25) is 15.0 Å². The summed E-state index contributed by atoms with van der Waals surface area (Å²) in [7, 11) is 0. The maximum absolute atomic E-state index is 15.6. The van der Waals surface area contributed by atoms with Crippen LogP contribution >= 0.6 is 31.9 Å². The molecular formula is C39H30Br2N2O2. The summed E-state index contributed by atoms with van der Waals surface area (Å²) in [5.74, 6) is -0.0774. The predicted molar refractivity (Wildman–Crippen MR) is 185 cm³/mol. The molecule has 2 spiro atoms. The molecule has 6 heteroatoms. The topological polar surface area (TPSA) is 52.6 Å². The molecule has 2 bridgehead atoms. The van der Waals surface area contributed by atoms with Crippen molar-refractivity contribution in [2.75, 3.05) is 13.1 Å². The molecule has 2 N–H and O–H groups in total. The third-order valence-electron chi connectivity index (χ3n) is 10.9. The Labute approximate surface area is 279 Å². The number of ketones is 1. The highest BCUT2D eigenvalue weighted by molar-refractivity contribution is 9.10. The van der Waals surface area contributed by atoms with Gasteiger partial charge in [0, 0.05) is 45.1 Å². The fourth-order valence-corrected chi connectivity index (χ4v) is 9.91. The smallest absolute Gasteiger partial charge is 0.170 e. The first-order chi connectivity index (χ1) is 21.9. The number of piperidine rings is 1. The Bertz CT molecular complexity index is 2040. The minimum atomic E-state index is -1.42. The molecule has 1 unspecified atom stereocenters. The van der Waals surface area contributed by atoms with Crippen LogP contribution in [0, 0.1) is 5.41 Å². The lowest BCUT2D eigenvalue weighted by molar-refractivity contribution is -0.139. The standard InChI is InChI=1S/C39H30Br2N2O2/c40-29-16-12-25(13-17-29)20-28-22-43-23-37(36(28)44)35(27-14-18-30(41)19-15-27)33(21-24-6-2-1-3-7-24)42-38(37)31-10-4-8-26-9-5-11-32(34(26)31)39(38,43)45/h1-20,33,35,42,45H,21-23H2/b28-20+/t33-,35-,37-,38+,39+/m0/s1. The fraction of sp³-hybridized carbons (Fsp3) is 0.205. The molecule has 6 atom stereocenters. The summed E-state index contributed by atoms with van der Waals surface area (Å²) in [6, 6.07) is 39.5. The quantitative estimate of drug-likeness (QED) is 0.187. The number of carbonyl (C=O) groups excluding carboxylic acids is 1. The summed E-state index contributed by atoms with van der Waals surface area (Å²) in [6.45, 7) is 0.834. The van der Waals surface area contributed by atoms with E-state index < -0.39 is 16.7 Å². The highest BCUT2D eigenvalue weighted by Crippen LogP contribution is 2.74. The number of benzene rings is 5. The Morgan fingerprint density at radius 3 is 2.20 bits per heavy atom. The van der Waals surface area contributed by atoms with E-state index in [9.17, 15) is 5.11 Å². The molecule has 3 aliphatic heterocycles. The number of halogens is 2. The van der Waals surface area contributed by atoms with Crippen molar-refractivity contribution >= 4 is 54.5 Å². The van der Waals surface area contributed by atoms with Crippen LogP contribution in [0.5, 0.6) is 0 Å². The van der Waals surface area contributed by atoms with E-state index in [1.165, 1.54) is 5.56 Å². The molecule has 45 heavy (non-hydrogen) atoms. The minimum absolute atomic E-state index is 0.109. The number of aliphatic hydroxyl groups is 1. The largest absolute Gasteiger partial charge is 0.369 e. The molecule has 1 aliphatic carbocycles. The Morgan fingerprint density at radius 1 is 0.822 bits per heavy atom. The zero-order chi connectivity index (χ0) is 30.6. The van der Waals surface area contributed by atoms with Crippen molar-refractivity contribution in [3.8, 4) is 0 Å². The monoisotopic (exact) mass is 716 g/mol. The van der Waals surface area contributed by atoms with Crippen LogP contribution in [0.3, 0.4) is 0 Å². The highest BCUT2D eigenvalue weighted by atomic mass is 79.9.